The molecule has 0 radical (unpaired) electrons. The van der Waals surface area contributed by atoms with E-state index in [-0.39, 0.29) is 31.1 Å². The second kappa shape index (κ2) is 11.3. The number of methoxy groups -OCH3 is 1. The molecule has 1 amide bonds. The molecule has 3 aromatic carbocycles. The van der Waals surface area contributed by atoms with Crippen molar-refractivity contribution in [1.29, 1.82) is 0 Å². The average molecular weight is 565 g/mol. The first kappa shape index (κ1) is 28.3. The Labute approximate surface area is 240 Å². The lowest BCUT2D eigenvalue weighted by molar-refractivity contribution is -0.118. The lowest BCUT2D eigenvalue weighted by atomic mass is 9.71. The number of anilines is 2. The fourth-order valence-corrected chi connectivity index (χ4v) is 6.09. The molecule has 1 aliphatic carbocycles. The third-order valence-corrected chi connectivity index (χ3v) is 8.12. The molecule has 40 heavy (non-hydrogen) atoms. The van der Waals surface area contributed by atoms with Gasteiger partial charge in [0.15, 0.2) is 11.5 Å². The molecule has 1 unspecified atom stereocenters. The minimum atomic E-state index is -0.930. The van der Waals surface area contributed by atoms with E-state index in [1.54, 1.807) is 7.11 Å². The minimum Gasteiger partial charge on any atom is -0.493 e. The summed E-state index contributed by atoms with van der Waals surface area (Å²) in [6.45, 7) is 4.54. The number of aliphatic hydroxyl groups excluding tert-OH is 1. The normalized spacial score (nSPS) is 22.1. The molecule has 0 bridgehead atoms. The van der Waals surface area contributed by atoms with E-state index in [0.29, 0.717) is 35.3 Å². The van der Waals surface area contributed by atoms with Crippen molar-refractivity contribution in [3.05, 3.63) is 82.4 Å². The number of hydrogen-bond donors (Lipinski definition) is 2. The maximum absolute atomic E-state index is 13.7. The smallest absolute Gasteiger partial charge is 0.232 e. The van der Waals surface area contributed by atoms with Crippen molar-refractivity contribution >= 4 is 28.9 Å². The molecule has 1 saturated carbocycles. The zero-order valence-electron chi connectivity index (χ0n) is 23.4. The summed E-state index contributed by atoms with van der Waals surface area (Å²) in [5.41, 5.74) is 3.74. The van der Waals surface area contributed by atoms with Crippen LogP contribution in [-0.4, -0.2) is 55.1 Å². The zero-order chi connectivity index (χ0) is 28.6. The first-order chi connectivity index (χ1) is 19.1. The maximum atomic E-state index is 13.7. The summed E-state index contributed by atoms with van der Waals surface area (Å²) in [7, 11) is 3.63. The fourth-order valence-electron chi connectivity index (χ4n) is 5.96. The molecule has 1 atom stereocenters. The number of hydrogen-bond acceptors (Lipinski definition) is 6. The number of benzene rings is 3. The first-order valence-electron chi connectivity index (χ1n) is 13.7. The molecule has 2 aliphatic rings. The van der Waals surface area contributed by atoms with Gasteiger partial charge in [-0.2, -0.15) is 0 Å². The molecule has 7 nitrogen and oxygen atoms in total. The highest BCUT2D eigenvalue weighted by molar-refractivity contribution is 6.30. The summed E-state index contributed by atoms with van der Waals surface area (Å²) in [6, 6.07) is 19.2. The highest BCUT2D eigenvalue weighted by Crippen LogP contribution is 2.44. The van der Waals surface area contributed by atoms with E-state index in [2.05, 4.69) is 4.90 Å². The molecule has 1 heterocycles. The van der Waals surface area contributed by atoms with Crippen LogP contribution in [0.25, 0.3) is 0 Å². The van der Waals surface area contributed by atoms with Gasteiger partial charge in [0.2, 0.25) is 5.91 Å². The molecule has 2 N–H and O–H groups in total. The van der Waals surface area contributed by atoms with Crippen molar-refractivity contribution in [1.82, 2.24) is 0 Å². The van der Waals surface area contributed by atoms with Gasteiger partial charge in [-0.15, -0.1) is 0 Å². The number of nitrogens with zero attached hydrogens (tertiary/aromatic N) is 2. The quantitative estimate of drug-likeness (QED) is 0.363. The van der Waals surface area contributed by atoms with E-state index in [4.69, 9.17) is 21.1 Å². The predicted octanol–water partition coefficient (Wildman–Crippen LogP) is 5.38. The number of fused-ring (bicyclic) bond motifs is 1. The van der Waals surface area contributed by atoms with Gasteiger partial charge in [0.1, 0.15) is 0 Å². The lowest BCUT2D eigenvalue weighted by Gasteiger charge is -2.44. The highest BCUT2D eigenvalue weighted by atomic mass is 35.5. The molecular formula is C32H37ClN2O5. The Morgan fingerprint density at radius 2 is 1.75 bits per heavy atom. The molecule has 0 saturated heterocycles. The van der Waals surface area contributed by atoms with E-state index < -0.39 is 5.60 Å². The topological polar surface area (TPSA) is 82.5 Å². The van der Waals surface area contributed by atoms with Crippen LogP contribution in [0.1, 0.15) is 49.4 Å². The number of aliphatic hydroxyl groups is 2. The van der Waals surface area contributed by atoms with E-state index in [1.807, 2.05) is 86.5 Å². The summed E-state index contributed by atoms with van der Waals surface area (Å²) < 4.78 is 11.7. The van der Waals surface area contributed by atoms with Crippen LogP contribution in [-0.2, 0) is 11.2 Å². The van der Waals surface area contributed by atoms with Crippen LogP contribution >= 0.6 is 11.6 Å². The average Bonchev–Trinajstić information content (AvgIpc) is 2.91. The monoisotopic (exact) mass is 564 g/mol. The highest BCUT2D eigenvalue weighted by Gasteiger charge is 2.42. The van der Waals surface area contributed by atoms with E-state index in [1.165, 1.54) is 0 Å². The van der Waals surface area contributed by atoms with Crippen LogP contribution in [0.15, 0.2) is 60.7 Å². The third-order valence-electron chi connectivity index (χ3n) is 7.87. The largest absolute Gasteiger partial charge is 0.493 e. The van der Waals surface area contributed by atoms with Gasteiger partial charge >= 0.3 is 0 Å². The van der Waals surface area contributed by atoms with Crippen molar-refractivity contribution in [3.8, 4) is 11.5 Å². The van der Waals surface area contributed by atoms with Crippen molar-refractivity contribution < 1.29 is 24.5 Å². The molecule has 3 aromatic rings. The standard InChI is InChI=1S/C32H37ClN2O5/c1-20(2)40-29-15-27-23(13-28(29)39-4)14-30(37)35(31(27)22-5-7-24(33)8-6-22)26-11-9-25(10-12-26)34(3)18-21-16-32(38,17-21)19-36/h5-13,15,20-21,31,36,38H,14,16-19H2,1-4H3. The van der Waals surface area contributed by atoms with Crippen molar-refractivity contribution in [2.24, 2.45) is 5.92 Å². The summed E-state index contributed by atoms with van der Waals surface area (Å²) in [5, 5.41) is 20.1. The molecule has 5 rings (SSSR count). The fraction of sp³-hybridized carbons (Fsp3) is 0.406. The Morgan fingerprint density at radius 1 is 1.07 bits per heavy atom. The van der Waals surface area contributed by atoms with E-state index >= 15 is 0 Å². The second-order valence-corrected chi connectivity index (χ2v) is 11.8. The zero-order valence-corrected chi connectivity index (χ0v) is 24.2. The minimum absolute atomic E-state index is 0.00843. The van der Waals surface area contributed by atoms with Gasteiger partial charge < -0.3 is 29.5 Å². The van der Waals surface area contributed by atoms with Crippen molar-refractivity contribution in [2.75, 3.05) is 37.1 Å². The number of rotatable bonds is 9. The third kappa shape index (κ3) is 5.64. The Hall–Kier alpha value is -3.26. The van der Waals surface area contributed by atoms with Gasteiger partial charge in [0, 0.05) is 30.0 Å². The molecule has 0 spiro atoms. The number of halogens is 1. The first-order valence-corrected chi connectivity index (χ1v) is 14.1. The van der Waals surface area contributed by atoms with Crippen LogP contribution in [0.5, 0.6) is 11.5 Å². The number of ether oxygens (including phenoxy) is 2. The summed E-state index contributed by atoms with van der Waals surface area (Å²) in [4.78, 5) is 17.7. The number of carbonyl (C=O) groups is 1. The predicted molar refractivity (Wildman–Crippen MR) is 158 cm³/mol. The SMILES string of the molecule is COc1cc2c(cc1OC(C)C)C(c1ccc(Cl)cc1)N(c1ccc(N(C)CC3CC(O)(CO)C3)cc1)C(=O)C2. The maximum Gasteiger partial charge on any atom is 0.232 e. The number of amides is 1. The van der Waals surface area contributed by atoms with Gasteiger partial charge in [-0.05, 0) is 97.8 Å². The van der Waals surface area contributed by atoms with E-state index in [0.717, 1.165) is 34.6 Å². The Morgan fingerprint density at radius 3 is 2.35 bits per heavy atom. The van der Waals surface area contributed by atoms with Gasteiger partial charge in [-0.1, -0.05) is 23.7 Å². The van der Waals surface area contributed by atoms with Crippen molar-refractivity contribution in [2.45, 2.75) is 50.9 Å². The van der Waals surface area contributed by atoms with Crippen LogP contribution in [0.4, 0.5) is 11.4 Å². The van der Waals surface area contributed by atoms with Crippen molar-refractivity contribution in [3.63, 3.8) is 0 Å². The Bertz CT molecular complexity index is 1350. The number of carbonyl (C=O) groups excluding carboxylic acids is 1. The van der Waals surface area contributed by atoms with Gasteiger partial charge in [0.25, 0.3) is 0 Å². The van der Waals surface area contributed by atoms with Gasteiger partial charge in [-0.25, -0.2) is 0 Å². The molecule has 8 heteroatoms. The summed E-state index contributed by atoms with van der Waals surface area (Å²) in [5.74, 6) is 1.58. The van der Waals surface area contributed by atoms with Crippen LogP contribution < -0.4 is 19.3 Å². The molecule has 1 aliphatic heterocycles. The van der Waals surface area contributed by atoms with Crippen LogP contribution in [0, 0.1) is 5.92 Å². The summed E-state index contributed by atoms with van der Waals surface area (Å²) >= 11 is 6.23. The van der Waals surface area contributed by atoms with Crippen LogP contribution in [0.3, 0.4) is 0 Å². The van der Waals surface area contributed by atoms with Gasteiger partial charge in [-0.3, -0.25) is 4.79 Å². The molecule has 1 fully saturated rings. The summed E-state index contributed by atoms with van der Waals surface area (Å²) in [6.07, 6.45) is 1.41. The lowest BCUT2D eigenvalue weighted by Crippen LogP contribution is -2.50. The van der Waals surface area contributed by atoms with Gasteiger partial charge in [0.05, 0.1) is 37.9 Å². The Kier molecular flexibility index (Phi) is 8.00. The van der Waals surface area contributed by atoms with E-state index in [9.17, 15) is 15.0 Å². The molecular weight excluding hydrogens is 528 g/mol. The van der Waals surface area contributed by atoms with Crippen LogP contribution in [0.2, 0.25) is 5.02 Å². The molecule has 212 valence electrons. The molecule has 0 aromatic heterocycles. The Balaban J connectivity index is 1.48. The second-order valence-electron chi connectivity index (χ2n) is 11.3.